The van der Waals surface area contributed by atoms with Crippen LogP contribution in [-0.4, -0.2) is 63.1 Å². The third-order valence-corrected chi connectivity index (χ3v) is 5.72. The van der Waals surface area contributed by atoms with E-state index < -0.39 is 0 Å². The molecule has 1 amide bonds. The van der Waals surface area contributed by atoms with Crippen LogP contribution in [0, 0.1) is 5.92 Å². The van der Waals surface area contributed by atoms with Crippen LogP contribution in [0.4, 0.5) is 4.79 Å². The summed E-state index contributed by atoms with van der Waals surface area (Å²) in [4.78, 5) is 16.2. The van der Waals surface area contributed by atoms with E-state index in [4.69, 9.17) is 4.74 Å². The van der Waals surface area contributed by atoms with E-state index in [0.717, 1.165) is 64.1 Å². The molecular formula is C18H28N4O3. The first-order valence-corrected chi connectivity index (χ1v) is 9.56. The fourth-order valence-corrected chi connectivity index (χ4v) is 4.05. The third-order valence-electron chi connectivity index (χ3n) is 5.72. The third kappa shape index (κ3) is 3.53. The van der Waals surface area contributed by atoms with Crippen LogP contribution in [0.2, 0.25) is 0 Å². The zero-order valence-electron chi connectivity index (χ0n) is 14.9. The van der Waals surface area contributed by atoms with Gasteiger partial charge in [-0.2, -0.15) is 5.10 Å². The van der Waals surface area contributed by atoms with Crippen molar-refractivity contribution in [3.8, 4) is 0 Å². The van der Waals surface area contributed by atoms with Crippen molar-refractivity contribution in [1.82, 2.24) is 19.6 Å². The number of ether oxygens (including phenoxy) is 1. The highest BCUT2D eigenvalue weighted by atomic mass is 16.6. The molecule has 1 saturated carbocycles. The second-order valence-electron chi connectivity index (χ2n) is 7.45. The molecule has 7 nitrogen and oxygen atoms in total. The van der Waals surface area contributed by atoms with Gasteiger partial charge in [0.05, 0.1) is 24.5 Å². The Labute approximate surface area is 148 Å². The van der Waals surface area contributed by atoms with E-state index in [1.807, 2.05) is 11.8 Å². The quantitative estimate of drug-likeness (QED) is 0.898. The number of carbonyl (C=O) groups excluding carboxylic acids is 1. The standard InChI is InChI=1S/C18H28N4O3/c1-2-25-18(24)20-7-5-14(6-8-20)21-9-10-22-15(12-21)11-16(19-22)17(23)13-3-4-13/h11,13-14,17,23H,2-10,12H2,1H3/t17-/m1/s1. The number of rotatable bonds is 4. The molecule has 1 aromatic rings. The Balaban J connectivity index is 1.34. The molecule has 2 fully saturated rings. The van der Waals surface area contributed by atoms with Gasteiger partial charge in [-0.1, -0.05) is 0 Å². The van der Waals surface area contributed by atoms with E-state index in [2.05, 4.69) is 20.7 Å². The van der Waals surface area contributed by atoms with Crippen LogP contribution >= 0.6 is 0 Å². The van der Waals surface area contributed by atoms with Crippen LogP contribution in [0.5, 0.6) is 0 Å². The van der Waals surface area contributed by atoms with E-state index >= 15 is 0 Å². The normalized spacial score (nSPS) is 23.4. The second kappa shape index (κ2) is 6.96. The Hall–Kier alpha value is -1.60. The molecule has 0 spiro atoms. The number of carbonyl (C=O) groups is 1. The first-order chi connectivity index (χ1) is 12.2. The van der Waals surface area contributed by atoms with E-state index in [-0.39, 0.29) is 12.2 Å². The average Bonchev–Trinajstić information content (AvgIpc) is 3.39. The van der Waals surface area contributed by atoms with Crippen LogP contribution < -0.4 is 0 Å². The van der Waals surface area contributed by atoms with Crippen molar-refractivity contribution in [3.05, 3.63) is 17.5 Å². The van der Waals surface area contributed by atoms with E-state index in [1.54, 1.807) is 0 Å². The zero-order valence-corrected chi connectivity index (χ0v) is 14.9. The van der Waals surface area contributed by atoms with Crippen molar-refractivity contribution in [2.75, 3.05) is 26.2 Å². The van der Waals surface area contributed by atoms with Crippen molar-refractivity contribution in [2.45, 2.75) is 57.8 Å². The van der Waals surface area contributed by atoms with Gasteiger partial charge in [-0.3, -0.25) is 9.58 Å². The molecule has 25 heavy (non-hydrogen) atoms. The Morgan fingerprint density at radius 3 is 2.72 bits per heavy atom. The summed E-state index contributed by atoms with van der Waals surface area (Å²) in [5.41, 5.74) is 2.05. The molecule has 2 aliphatic heterocycles. The van der Waals surface area contributed by atoms with E-state index in [1.165, 1.54) is 5.69 Å². The van der Waals surface area contributed by atoms with Crippen LogP contribution in [-0.2, 0) is 17.8 Å². The van der Waals surface area contributed by atoms with Gasteiger partial charge in [0.2, 0.25) is 0 Å². The average molecular weight is 348 g/mol. The summed E-state index contributed by atoms with van der Waals surface area (Å²) < 4.78 is 7.16. The van der Waals surface area contributed by atoms with Crippen LogP contribution in [0.25, 0.3) is 0 Å². The van der Waals surface area contributed by atoms with Gasteiger partial charge in [-0.25, -0.2) is 4.79 Å². The number of nitrogens with zero attached hydrogens (tertiary/aromatic N) is 4. The number of amides is 1. The Morgan fingerprint density at radius 2 is 2.04 bits per heavy atom. The van der Waals surface area contributed by atoms with Gasteiger partial charge >= 0.3 is 6.09 Å². The van der Waals surface area contributed by atoms with Crippen molar-refractivity contribution >= 4 is 6.09 Å². The maximum Gasteiger partial charge on any atom is 0.409 e. The molecule has 1 aromatic heterocycles. The Morgan fingerprint density at radius 1 is 1.28 bits per heavy atom. The van der Waals surface area contributed by atoms with Gasteiger partial charge in [-0.05, 0) is 44.6 Å². The number of likely N-dealkylation sites (tertiary alicyclic amines) is 1. The molecule has 7 heteroatoms. The molecule has 1 N–H and O–H groups in total. The minimum atomic E-state index is -0.389. The molecule has 0 unspecified atom stereocenters. The molecule has 0 bridgehead atoms. The van der Waals surface area contributed by atoms with Crippen molar-refractivity contribution in [3.63, 3.8) is 0 Å². The van der Waals surface area contributed by atoms with Gasteiger partial charge in [0.1, 0.15) is 6.10 Å². The fraction of sp³-hybridized carbons (Fsp3) is 0.778. The molecule has 1 atom stereocenters. The number of aliphatic hydroxyl groups excluding tert-OH is 1. The summed E-state index contributed by atoms with van der Waals surface area (Å²) in [6.45, 7) is 6.56. The summed E-state index contributed by atoms with van der Waals surface area (Å²) in [5, 5.41) is 14.9. The number of aliphatic hydroxyl groups is 1. The number of fused-ring (bicyclic) bond motifs is 1. The van der Waals surface area contributed by atoms with Crippen LogP contribution in [0.3, 0.4) is 0 Å². The SMILES string of the molecule is CCOC(=O)N1CCC(N2CCn3nc([C@H](O)C4CC4)cc3C2)CC1. The van der Waals surface area contributed by atoms with Gasteiger partial charge in [-0.15, -0.1) is 0 Å². The molecule has 4 rings (SSSR count). The smallest absolute Gasteiger partial charge is 0.409 e. The molecule has 3 heterocycles. The summed E-state index contributed by atoms with van der Waals surface area (Å²) in [6.07, 6.45) is 3.65. The summed E-state index contributed by atoms with van der Waals surface area (Å²) in [5.74, 6) is 0.417. The zero-order chi connectivity index (χ0) is 17.4. The lowest BCUT2D eigenvalue weighted by atomic mass is 10.0. The highest BCUT2D eigenvalue weighted by Crippen LogP contribution is 2.40. The van der Waals surface area contributed by atoms with Gasteiger partial charge in [0, 0.05) is 32.2 Å². The molecule has 1 aliphatic carbocycles. The topological polar surface area (TPSA) is 70.8 Å². The van der Waals surface area contributed by atoms with E-state index in [9.17, 15) is 9.90 Å². The van der Waals surface area contributed by atoms with E-state index in [0.29, 0.717) is 18.6 Å². The predicted octanol–water partition coefficient (Wildman–Crippen LogP) is 1.76. The molecule has 3 aliphatic rings. The predicted molar refractivity (Wildman–Crippen MR) is 91.9 cm³/mol. The summed E-state index contributed by atoms with van der Waals surface area (Å²) in [6, 6.07) is 2.59. The van der Waals surface area contributed by atoms with Gasteiger partial charge in [0.15, 0.2) is 0 Å². The van der Waals surface area contributed by atoms with Crippen molar-refractivity contribution in [1.29, 1.82) is 0 Å². The Kier molecular flexibility index (Phi) is 4.69. The lowest BCUT2D eigenvalue weighted by Crippen LogP contribution is -2.48. The lowest BCUT2D eigenvalue weighted by Gasteiger charge is -2.39. The molecular weight excluding hydrogens is 320 g/mol. The Bertz CT molecular complexity index is 620. The minimum absolute atomic E-state index is 0.184. The van der Waals surface area contributed by atoms with Gasteiger partial charge in [0.25, 0.3) is 0 Å². The maximum absolute atomic E-state index is 11.8. The summed E-state index contributed by atoms with van der Waals surface area (Å²) in [7, 11) is 0. The number of piperidine rings is 1. The summed E-state index contributed by atoms with van der Waals surface area (Å²) >= 11 is 0. The largest absolute Gasteiger partial charge is 0.450 e. The monoisotopic (exact) mass is 348 g/mol. The number of aromatic nitrogens is 2. The van der Waals surface area contributed by atoms with Crippen molar-refractivity contribution < 1.29 is 14.6 Å². The highest BCUT2D eigenvalue weighted by molar-refractivity contribution is 5.67. The van der Waals surface area contributed by atoms with Crippen molar-refractivity contribution in [2.24, 2.45) is 5.92 Å². The molecule has 138 valence electrons. The second-order valence-corrected chi connectivity index (χ2v) is 7.45. The highest BCUT2D eigenvalue weighted by Gasteiger charge is 2.34. The first kappa shape index (κ1) is 16.8. The first-order valence-electron chi connectivity index (χ1n) is 9.56. The van der Waals surface area contributed by atoms with Crippen LogP contribution in [0.1, 0.15) is 50.1 Å². The van der Waals surface area contributed by atoms with Gasteiger partial charge < -0.3 is 14.7 Å². The maximum atomic E-state index is 11.8. The molecule has 1 saturated heterocycles. The number of hydrogen-bond donors (Lipinski definition) is 1. The fourth-order valence-electron chi connectivity index (χ4n) is 4.05. The minimum Gasteiger partial charge on any atom is -0.450 e. The lowest BCUT2D eigenvalue weighted by molar-refractivity contribution is 0.0647. The molecule has 0 aromatic carbocycles. The number of hydrogen-bond acceptors (Lipinski definition) is 5. The molecule has 0 radical (unpaired) electrons. The van der Waals surface area contributed by atoms with Crippen LogP contribution in [0.15, 0.2) is 6.07 Å².